The second-order valence-electron chi connectivity index (χ2n) is 4.55. The number of nitrogens with zero attached hydrogens (tertiary/aromatic N) is 3. The molecule has 0 saturated carbocycles. The molecule has 0 amide bonds. The van der Waals surface area contributed by atoms with Crippen LogP contribution in [0.5, 0.6) is 0 Å². The molecule has 2 aromatic heterocycles. The van der Waals surface area contributed by atoms with Gasteiger partial charge in [-0.2, -0.15) is 0 Å². The first-order valence-electron chi connectivity index (χ1n) is 6.22. The molecule has 0 aliphatic rings. The van der Waals surface area contributed by atoms with Gasteiger partial charge in [-0.15, -0.1) is 0 Å². The minimum absolute atomic E-state index is 0.0636. The number of fused-ring (bicyclic) bond motifs is 1. The van der Waals surface area contributed by atoms with Gasteiger partial charge in [0, 0.05) is 22.1 Å². The van der Waals surface area contributed by atoms with Crippen molar-refractivity contribution >= 4 is 27.0 Å². The van der Waals surface area contributed by atoms with E-state index < -0.39 is 0 Å². The maximum Gasteiger partial charge on any atom is 0.252 e. The molecule has 0 fully saturated rings. The third-order valence-corrected chi connectivity index (χ3v) is 3.90. The summed E-state index contributed by atoms with van der Waals surface area (Å²) in [5.41, 5.74) is 1.64. The zero-order valence-corrected chi connectivity index (χ0v) is 12.5. The predicted octanol–water partition coefficient (Wildman–Crippen LogP) is 2.91. The number of aromatic nitrogens is 3. The fourth-order valence-corrected chi connectivity index (χ4v) is 2.52. The highest BCUT2D eigenvalue weighted by Gasteiger charge is 2.07. The highest BCUT2D eigenvalue weighted by atomic mass is 79.9. The van der Waals surface area contributed by atoms with Crippen LogP contribution in [0, 0.1) is 6.92 Å². The maximum absolute atomic E-state index is 12.1. The van der Waals surface area contributed by atoms with Crippen LogP contribution in [0.2, 0.25) is 0 Å². The highest BCUT2D eigenvalue weighted by molar-refractivity contribution is 9.10. The fraction of sp³-hybridized carbons (Fsp3) is 0.133. The summed E-state index contributed by atoms with van der Waals surface area (Å²) >= 11 is 3.51. The maximum atomic E-state index is 12.1. The second kappa shape index (κ2) is 5.17. The van der Waals surface area contributed by atoms with Gasteiger partial charge in [0.15, 0.2) is 0 Å². The number of hydrogen-bond acceptors (Lipinski definition) is 3. The van der Waals surface area contributed by atoms with Gasteiger partial charge in [0.25, 0.3) is 5.56 Å². The van der Waals surface area contributed by atoms with Gasteiger partial charge in [0.05, 0.1) is 6.54 Å². The summed E-state index contributed by atoms with van der Waals surface area (Å²) in [7, 11) is 0. The van der Waals surface area contributed by atoms with Crippen molar-refractivity contribution < 1.29 is 0 Å². The van der Waals surface area contributed by atoms with Crippen molar-refractivity contribution in [1.29, 1.82) is 0 Å². The van der Waals surface area contributed by atoms with Crippen molar-refractivity contribution in [2.45, 2.75) is 13.5 Å². The van der Waals surface area contributed by atoms with Crippen LogP contribution < -0.4 is 5.56 Å². The summed E-state index contributed by atoms with van der Waals surface area (Å²) in [5, 5.41) is 0.863. The average Bonchev–Trinajstić information content (AvgIpc) is 2.44. The van der Waals surface area contributed by atoms with Crippen LogP contribution in [0.1, 0.15) is 11.4 Å². The van der Waals surface area contributed by atoms with E-state index in [1.165, 1.54) is 0 Å². The molecule has 20 heavy (non-hydrogen) atoms. The van der Waals surface area contributed by atoms with Gasteiger partial charge in [0.2, 0.25) is 0 Å². The third kappa shape index (κ3) is 2.36. The molecule has 0 spiro atoms. The Morgan fingerprint density at radius 1 is 1.20 bits per heavy atom. The number of halogens is 1. The van der Waals surface area contributed by atoms with Gasteiger partial charge in [0.1, 0.15) is 11.5 Å². The molecule has 0 radical (unpaired) electrons. The minimum atomic E-state index is -0.0636. The van der Waals surface area contributed by atoms with Crippen molar-refractivity contribution in [3.05, 3.63) is 68.8 Å². The first-order valence-corrected chi connectivity index (χ1v) is 7.01. The molecule has 1 aromatic carbocycles. The van der Waals surface area contributed by atoms with Gasteiger partial charge in [-0.05, 0) is 24.6 Å². The molecule has 0 saturated heterocycles. The van der Waals surface area contributed by atoms with Crippen molar-refractivity contribution in [1.82, 2.24) is 14.5 Å². The van der Waals surface area contributed by atoms with Crippen LogP contribution >= 0.6 is 15.9 Å². The lowest BCUT2D eigenvalue weighted by Crippen LogP contribution is -2.21. The van der Waals surface area contributed by atoms with Gasteiger partial charge in [-0.25, -0.2) is 9.97 Å². The predicted molar refractivity (Wildman–Crippen MR) is 81.8 cm³/mol. The quantitative estimate of drug-likeness (QED) is 0.726. The van der Waals surface area contributed by atoms with Crippen LogP contribution in [-0.2, 0) is 6.54 Å². The van der Waals surface area contributed by atoms with Crippen LogP contribution in [0.25, 0.3) is 11.0 Å². The fourth-order valence-electron chi connectivity index (χ4n) is 2.11. The van der Waals surface area contributed by atoms with E-state index in [0.717, 1.165) is 15.4 Å². The summed E-state index contributed by atoms with van der Waals surface area (Å²) in [4.78, 5) is 20.7. The molecule has 3 rings (SSSR count). The first kappa shape index (κ1) is 13.0. The number of hydrogen-bond donors (Lipinski definition) is 0. The van der Waals surface area contributed by atoms with Gasteiger partial charge in [-0.3, -0.25) is 9.36 Å². The lowest BCUT2D eigenvalue weighted by molar-refractivity contribution is 0.775. The summed E-state index contributed by atoms with van der Waals surface area (Å²) in [6.45, 7) is 2.30. The molecule has 0 aliphatic carbocycles. The average molecular weight is 330 g/mol. The number of aryl methyl sites for hydroxylation is 1. The van der Waals surface area contributed by atoms with E-state index in [1.54, 1.807) is 22.9 Å². The zero-order chi connectivity index (χ0) is 14.1. The lowest BCUT2D eigenvalue weighted by Gasteiger charge is -2.10. The summed E-state index contributed by atoms with van der Waals surface area (Å²) in [5.74, 6) is 0.656. The second-order valence-corrected chi connectivity index (χ2v) is 5.40. The normalized spacial score (nSPS) is 10.9. The third-order valence-electron chi connectivity index (χ3n) is 3.13. The molecular weight excluding hydrogens is 318 g/mol. The van der Waals surface area contributed by atoms with Gasteiger partial charge in [-0.1, -0.05) is 34.1 Å². The number of rotatable bonds is 2. The van der Waals surface area contributed by atoms with Crippen LogP contribution in [0.4, 0.5) is 0 Å². The Kier molecular flexibility index (Phi) is 3.36. The number of pyridine rings is 1. The molecule has 0 N–H and O–H groups in total. The Morgan fingerprint density at radius 3 is 2.80 bits per heavy atom. The lowest BCUT2D eigenvalue weighted by atomic mass is 10.2. The molecule has 5 heteroatoms. The van der Waals surface area contributed by atoms with E-state index in [4.69, 9.17) is 0 Å². The molecule has 2 heterocycles. The van der Waals surface area contributed by atoms with Gasteiger partial charge >= 0.3 is 0 Å². The Hall–Kier alpha value is -2.01. The van der Waals surface area contributed by atoms with E-state index in [1.807, 2.05) is 31.2 Å². The Labute approximate surface area is 124 Å². The monoisotopic (exact) mass is 329 g/mol. The molecule has 4 nitrogen and oxygen atoms in total. The van der Waals surface area contributed by atoms with Gasteiger partial charge < -0.3 is 0 Å². The molecule has 100 valence electrons. The van der Waals surface area contributed by atoms with E-state index in [0.29, 0.717) is 18.0 Å². The van der Waals surface area contributed by atoms with Crippen LogP contribution in [0.3, 0.4) is 0 Å². The summed E-state index contributed by atoms with van der Waals surface area (Å²) in [6.07, 6.45) is 1.74. The first-order chi connectivity index (χ1) is 9.65. The van der Waals surface area contributed by atoms with Crippen molar-refractivity contribution in [2.75, 3.05) is 0 Å². The molecule has 0 aliphatic heterocycles. The summed E-state index contributed by atoms with van der Waals surface area (Å²) in [6, 6.07) is 11.2. The molecule has 0 unspecified atom stereocenters. The van der Waals surface area contributed by atoms with Crippen molar-refractivity contribution in [2.24, 2.45) is 0 Å². The highest BCUT2D eigenvalue weighted by Crippen LogP contribution is 2.18. The Morgan fingerprint density at radius 2 is 2.00 bits per heavy atom. The van der Waals surface area contributed by atoms with Crippen LogP contribution in [0.15, 0.2) is 51.9 Å². The number of benzene rings is 1. The van der Waals surface area contributed by atoms with E-state index in [-0.39, 0.29) is 5.56 Å². The molecule has 3 aromatic rings. The SMILES string of the molecule is Cc1ncc2ccc(=O)n(Cc3ccccc3Br)c2n1. The largest absolute Gasteiger partial charge is 0.288 e. The smallest absolute Gasteiger partial charge is 0.252 e. The Bertz CT molecular complexity index is 842. The van der Waals surface area contributed by atoms with E-state index in [2.05, 4.69) is 25.9 Å². The Balaban J connectivity index is 2.20. The van der Waals surface area contributed by atoms with E-state index in [9.17, 15) is 4.79 Å². The molecule has 0 atom stereocenters. The van der Waals surface area contributed by atoms with Crippen LogP contribution in [-0.4, -0.2) is 14.5 Å². The zero-order valence-electron chi connectivity index (χ0n) is 10.9. The molecule has 0 bridgehead atoms. The summed E-state index contributed by atoms with van der Waals surface area (Å²) < 4.78 is 2.65. The standard InChI is InChI=1S/C15H12BrN3O/c1-10-17-8-11-6-7-14(20)19(15(11)18-10)9-12-4-2-3-5-13(12)16/h2-8H,9H2,1H3. The van der Waals surface area contributed by atoms with Crippen molar-refractivity contribution in [3.63, 3.8) is 0 Å². The van der Waals surface area contributed by atoms with Crippen molar-refractivity contribution in [3.8, 4) is 0 Å². The van der Waals surface area contributed by atoms with E-state index >= 15 is 0 Å². The minimum Gasteiger partial charge on any atom is -0.288 e. The molecular formula is C15H12BrN3O. The topological polar surface area (TPSA) is 47.8 Å².